The van der Waals surface area contributed by atoms with E-state index < -0.39 is 0 Å². The molecule has 0 unspecified atom stereocenters. The van der Waals surface area contributed by atoms with E-state index in [1.807, 2.05) is 31.2 Å². The average molecular weight is 380 g/mol. The van der Waals surface area contributed by atoms with Crippen molar-refractivity contribution in [1.29, 1.82) is 0 Å². The largest absolute Gasteiger partial charge is 0.286 e. The number of aliphatic imine (C=N–C) groups is 1. The summed E-state index contributed by atoms with van der Waals surface area (Å²) in [5.41, 5.74) is 2.35. The summed E-state index contributed by atoms with van der Waals surface area (Å²) in [6, 6.07) is 9.41. The van der Waals surface area contributed by atoms with Crippen LogP contribution in [0.15, 0.2) is 41.5 Å². The molecule has 3 rings (SSSR count). The van der Waals surface area contributed by atoms with Crippen molar-refractivity contribution in [2.75, 3.05) is 6.54 Å². The van der Waals surface area contributed by atoms with Crippen molar-refractivity contribution in [3.05, 3.63) is 57.8 Å². The third kappa shape index (κ3) is 3.74. The van der Waals surface area contributed by atoms with Crippen molar-refractivity contribution in [2.45, 2.75) is 19.1 Å². The number of amidine groups is 1. The zero-order valence-corrected chi connectivity index (χ0v) is 15.5. The molecule has 124 valence electrons. The molecule has 24 heavy (non-hydrogen) atoms. The second-order valence-corrected chi connectivity index (χ2v) is 7.75. The topological polar surface area (TPSA) is 45.6 Å². The van der Waals surface area contributed by atoms with Crippen LogP contribution < -0.4 is 0 Å². The van der Waals surface area contributed by atoms with Crippen LogP contribution in [0.25, 0.3) is 0 Å². The van der Waals surface area contributed by atoms with Crippen LogP contribution >= 0.6 is 35.0 Å². The highest BCUT2D eigenvalue weighted by Gasteiger charge is 2.31. The highest BCUT2D eigenvalue weighted by atomic mass is 35.5. The lowest BCUT2D eigenvalue weighted by molar-refractivity contribution is 0.0855. The fourth-order valence-corrected chi connectivity index (χ4v) is 3.67. The van der Waals surface area contributed by atoms with Gasteiger partial charge in [0.1, 0.15) is 5.15 Å². The number of carbonyl (C=O) groups is 1. The highest BCUT2D eigenvalue weighted by molar-refractivity contribution is 8.14. The van der Waals surface area contributed by atoms with Gasteiger partial charge in [-0.05, 0) is 30.7 Å². The molecule has 1 aromatic carbocycles. The van der Waals surface area contributed by atoms with E-state index in [2.05, 4.69) is 16.9 Å². The second kappa shape index (κ2) is 7.13. The zero-order valence-electron chi connectivity index (χ0n) is 13.2. The maximum atomic E-state index is 12.8. The number of halogens is 2. The van der Waals surface area contributed by atoms with Gasteiger partial charge in [0, 0.05) is 18.0 Å². The molecule has 0 spiro atoms. The van der Waals surface area contributed by atoms with Gasteiger partial charge in [-0.25, -0.2) is 9.98 Å². The Balaban J connectivity index is 1.92. The molecular formula is C17H15Cl2N3OS. The van der Waals surface area contributed by atoms with Crippen LogP contribution in [0.1, 0.15) is 22.8 Å². The monoisotopic (exact) mass is 379 g/mol. The van der Waals surface area contributed by atoms with Gasteiger partial charge in [-0.15, -0.1) is 0 Å². The SMILES string of the molecule is Cc1cccc(N=C2S[C@H](C)CN2C(=O)c2cnc(Cl)c(Cl)c2)c1. The van der Waals surface area contributed by atoms with Gasteiger partial charge in [0.2, 0.25) is 0 Å². The minimum absolute atomic E-state index is 0.177. The molecule has 0 N–H and O–H groups in total. The van der Waals surface area contributed by atoms with E-state index in [4.69, 9.17) is 23.2 Å². The normalized spacial score (nSPS) is 19.1. The fourth-order valence-electron chi connectivity index (χ4n) is 2.37. The van der Waals surface area contributed by atoms with Gasteiger partial charge in [0.05, 0.1) is 16.3 Å². The van der Waals surface area contributed by atoms with Crippen molar-refractivity contribution >= 4 is 51.7 Å². The van der Waals surface area contributed by atoms with Gasteiger partial charge in [-0.2, -0.15) is 0 Å². The predicted octanol–water partition coefficient (Wildman–Crippen LogP) is 4.96. The van der Waals surface area contributed by atoms with Crippen LogP contribution in [0.3, 0.4) is 0 Å². The molecule has 1 amide bonds. The number of hydrogen-bond donors (Lipinski definition) is 0. The average Bonchev–Trinajstić information content (AvgIpc) is 2.90. The third-order valence-corrected chi connectivity index (χ3v) is 5.25. The summed E-state index contributed by atoms with van der Waals surface area (Å²) in [4.78, 5) is 23.1. The minimum Gasteiger partial charge on any atom is -0.286 e. The first-order valence-corrected chi connectivity index (χ1v) is 9.02. The summed E-state index contributed by atoms with van der Waals surface area (Å²) >= 11 is 13.4. The Morgan fingerprint density at radius 1 is 1.38 bits per heavy atom. The van der Waals surface area contributed by atoms with Gasteiger partial charge >= 0.3 is 0 Å². The Labute approximate surface area is 154 Å². The Kier molecular flexibility index (Phi) is 5.13. The Morgan fingerprint density at radius 3 is 2.88 bits per heavy atom. The number of aryl methyl sites for hydroxylation is 1. The Bertz CT molecular complexity index is 825. The molecule has 1 aliphatic rings. The van der Waals surface area contributed by atoms with Gasteiger partial charge in [0.25, 0.3) is 5.91 Å². The summed E-state index contributed by atoms with van der Waals surface area (Å²) in [6.07, 6.45) is 1.44. The van der Waals surface area contributed by atoms with E-state index in [1.54, 1.807) is 16.7 Å². The molecule has 0 saturated carbocycles. The molecule has 0 radical (unpaired) electrons. The molecule has 2 aromatic rings. The first-order valence-electron chi connectivity index (χ1n) is 7.39. The molecule has 1 atom stereocenters. The number of aromatic nitrogens is 1. The third-order valence-electron chi connectivity index (χ3n) is 3.49. The molecule has 1 saturated heterocycles. The van der Waals surface area contributed by atoms with Crippen LogP contribution in [0.5, 0.6) is 0 Å². The van der Waals surface area contributed by atoms with Gasteiger partial charge in [-0.1, -0.05) is 54.0 Å². The minimum atomic E-state index is -0.177. The first kappa shape index (κ1) is 17.3. The lowest BCUT2D eigenvalue weighted by Gasteiger charge is -2.16. The van der Waals surface area contributed by atoms with Crippen LogP contribution in [-0.2, 0) is 0 Å². The zero-order chi connectivity index (χ0) is 17.3. The smallest absolute Gasteiger partial charge is 0.261 e. The molecule has 0 bridgehead atoms. The first-order chi connectivity index (χ1) is 11.4. The maximum Gasteiger partial charge on any atom is 0.261 e. The van der Waals surface area contributed by atoms with Crippen LogP contribution in [-0.4, -0.2) is 32.8 Å². The van der Waals surface area contributed by atoms with Crippen molar-refractivity contribution in [3.8, 4) is 0 Å². The van der Waals surface area contributed by atoms with Crippen molar-refractivity contribution in [2.24, 2.45) is 4.99 Å². The van der Waals surface area contributed by atoms with Gasteiger partial charge in [-0.3, -0.25) is 9.69 Å². The lowest BCUT2D eigenvalue weighted by atomic mass is 10.2. The standard InChI is InChI=1S/C17H15Cl2N3OS/c1-10-4-3-5-13(6-10)21-17-22(9-11(2)24-17)16(23)12-7-14(18)15(19)20-8-12/h3-8,11H,9H2,1-2H3/t11-/m1/s1. The number of pyridine rings is 1. The van der Waals surface area contributed by atoms with E-state index >= 15 is 0 Å². The lowest BCUT2D eigenvalue weighted by Crippen LogP contribution is -2.32. The Morgan fingerprint density at radius 2 is 2.17 bits per heavy atom. The maximum absolute atomic E-state index is 12.8. The molecule has 1 fully saturated rings. The predicted molar refractivity (Wildman–Crippen MR) is 101 cm³/mol. The summed E-state index contributed by atoms with van der Waals surface area (Å²) in [7, 11) is 0. The van der Waals surface area contributed by atoms with Crippen LogP contribution in [0.4, 0.5) is 5.69 Å². The van der Waals surface area contributed by atoms with Crippen LogP contribution in [0, 0.1) is 6.92 Å². The van der Waals surface area contributed by atoms with E-state index in [9.17, 15) is 4.79 Å². The molecular weight excluding hydrogens is 365 g/mol. The number of nitrogens with zero attached hydrogens (tertiary/aromatic N) is 3. The summed E-state index contributed by atoms with van der Waals surface area (Å²) < 4.78 is 0. The molecule has 0 aliphatic carbocycles. The molecule has 7 heteroatoms. The summed E-state index contributed by atoms with van der Waals surface area (Å²) in [6.45, 7) is 4.67. The number of carbonyl (C=O) groups excluding carboxylic acids is 1. The molecule has 4 nitrogen and oxygen atoms in total. The van der Waals surface area contributed by atoms with E-state index in [0.29, 0.717) is 17.3 Å². The number of thioether (sulfide) groups is 1. The summed E-state index contributed by atoms with van der Waals surface area (Å²) in [5, 5.41) is 1.41. The number of benzene rings is 1. The quantitative estimate of drug-likeness (QED) is 0.692. The molecule has 2 heterocycles. The summed E-state index contributed by atoms with van der Waals surface area (Å²) in [5.74, 6) is -0.177. The van der Waals surface area contributed by atoms with Gasteiger partial charge < -0.3 is 0 Å². The van der Waals surface area contributed by atoms with E-state index in [1.165, 1.54) is 12.3 Å². The van der Waals surface area contributed by atoms with E-state index in [0.717, 1.165) is 11.3 Å². The van der Waals surface area contributed by atoms with E-state index in [-0.39, 0.29) is 21.3 Å². The fraction of sp³-hybridized carbons (Fsp3) is 0.235. The molecule has 1 aliphatic heterocycles. The molecule has 1 aromatic heterocycles. The van der Waals surface area contributed by atoms with Gasteiger partial charge in [0.15, 0.2) is 5.17 Å². The number of amides is 1. The second-order valence-electron chi connectivity index (χ2n) is 5.57. The van der Waals surface area contributed by atoms with Crippen molar-refractivity contribution < 1.29 is 4.79 Å². The van der Waals surface area contributed by atoms with Crippen molar-refractivity contribution in [3.63, 3.8) is 0 Å². The van der Waals surface area contributed by atoms with Crippen LogP contribution in [0.2, 0.25) is 10.2 Å². The Hall–Kier alpha value is -1.56. The highest BCUT2D eigenvalue weighted by Crippen LogP contribution is 2.30. The van der Waals surface area contributed by atoms with Crippen molar-refractivity contribution in [1.82, 2.24) is 9.88 Å². The number of hydrogen-bond acceptors (Lipinski definition) is 4. The number of rotatable bonds is 2.